The third-order valence-electron chi connectivity index (χ3n) is 4.90. The Hall–Kier alpha value is -2.67. The molecule has 1 aromatic carbocycles. The number of nitrogens with zero attached hydrogens (tertiary/aromatic N) is 2. The molecule has 4 rings (SSSR count). The normalized spacial score (nSPS) is 18.4. The number of hydrogen-bond donors (Lipinski definition) is 2. The van der Waals surface area contributed by atoms with E-state index in [1.54, 1.807) is 6.92 Å². The summed E-state index contributed by atoms with van der Waals surface area (Å²) in [5, 5.41) is 3.76. The molecule has 2 aromatic heterocycles. The molecule has 1 unspecified atom stereocenters. The Labute approximate surface area is 150 Å². The number of hydrogen-bond acceptors (Lipinski definition) is 5. The first kappa shape index (κ1) is 16.8. The van der Waals surface area contributed by atoms with E-state index in [9.17, 15) is 9.59 Å². The molecule has 1 aliphatic rings. The van der Waals surface area contributed by atoms with E-state index in [1.807, 2.05) is 24.3 Å². The van der Waals surface area contributed by atoms with Crippen LogP contribution in [-0.2, 0) is 11.3 Å². The monoisotopic (exact) mass is 354 g/mol. The molecule has 7 nitrogen and oxygen atoms in total. The number of likely N-dealkylation sites (tertiary alicyclic amines) is 1. The summed E-state index contributed by atoms with van der Waals surface area (Å²) in [7, 11) is 0. The van der Waals surface area contributed by atoms with Crippen LogP contribution in [-0.4, -0.2) is 40.4 Å². The van der Waals surface area contributed by atoms with Crippen LogP contribution < -0.4 is 10.9 Å². The zero-order valence-electron chi connectivity index (χ0n) is 14.7. The van der Waals surface area contributed by atoms with E-state index in [0.717, 1.165) is 31.3 Å². The van der Waals surface area contributed by atoms with Crippen LogP contribution in [0.5, 0.6) is 0 Å². The molecule has 1 atom stereocenters. The van der Waals surface area contributed by atoms with Crippen LogP contribution in [0, 0.1) is 5.92 Å². The highest BCUT2D eigenvalue weighted by atomic mass is 16.3. The van der Waals surface area contributed by atoms with Crippen LogP contribution >= 0.6 is 0 Å². The van der Waals surface area contributed by atoms with Crippen molar-refractivity contribution in [2.24, 2.45) is 5.92 Å². The summed E-state index contributed by atoms with van der Waals surface area (Å²) in [6.07, 6.45) is 2.18. The van der Waals surface area contributed by atoms with Crippen molar-refractivity contribution in [3.8, 4) is 0 Å². The fourth-order valence-corrected chi connectivity index (χ4v) is 3.68. The van der Waals surface area contributed by atoms with Crippen LogP contribution in [0.3, 0.4) is 0 Å². The van der Waals surface area contributed by atoms with Gasteiger partial charge in [-0.05, 0) is 37.4 Å². The number of piperidine rings is 1. The topological polar surface area (TPSA) is 91.2 Å². The number of para-hydroxylation sites is 1. The van der Waals surface area contributed by atoms with Gasteiger partial charge in [0, 0.05) is 25.4 Å². The van der Waals surface area contributed by atoms with Crippen LogP contribution in [0.25, 0.3) is 22.1 Å². The summed E-state index contributed by atoms with van der Waals surface area (Å²) in [6, 6.07) is 7.55. The molecule has 0 bridgehead atoms. The summed E-state index contributed by atoms with van der Waals surface area (Å²) in [4.78, 5) is 33.3. The van der Waals surface area contributed by atoms with E-state index in [2.05, 4.69) is 20.2 Å². The minimum absolute atomic E-state index is 0.00501. The zero-order chi connectivity index (χ0) is 18.1. The number of furan rings is 1. The summed E-state index contributed by atoms with van der Waals surface area (Å²) < 4.78 is 5.64. The van der Waals surface area contributed by atoms with Gasteiger partial charge in [0.05, 0.1) is 6.54 Å². The van der Waals surface area contributed by atoms with Crippen molar-refractivity contribution in [1.29, 1.82) is 0 Å². The Morgan fingerprint density at radius 1 is 1.42 bits per heavy atom. The number of aromatic amines is 1. The summed E-state index contributed by atoms with van der Waals surface area (Å²) in [5.41, 5.74) is 1.32. The maximum Gasteiger partial charge on any atom is 0.294 e. The largest absolute Gasteiger partial charge is 0.449 e. The van der Waals surface area contributed by atoms with Gasteiger partial charge in [-0.2, -0.15) is 0 Å². The number of carbonyl (C=O) groups is 1. The van der Waals surface area contributed by atoms with Gasteiger partial charge in [0.15, 0.2) is 0 Å². The Balaban J connectivity index is 1.56. The van der Waals surface area contributed by atoms with Crippen molar-refractivity contribution < 1.29 is 9.21 Å². The van der Waals surface area contributed by atoms with Crippen molar-refractivity contribution >= 4 is 28.0 Å². The average molecular weight is 354 g/mol. The van der Waals surface area contributed by atoms with E-state index in [4.69, 9.17) is 4.42 Å². The van der Waals surface area contributed by atoms with Gasteiger partial charge in [0.2, 0.25) is 11.5 Å². The molecule has 2 N–H and O–H groups in total. The molecule has 26 heavy (non-hydrogen) atoms. The molecule has 1 saturated heterocycles. The van der Waals surface area contributed by atoms with Gasteiger partial charge in [0.25, 0.3) is 5.56 Å². The standard InChI is InChI=1S/C19H22N4O3/c1-12(24)20-9-13-5-4-8-23(10-13)11-16-21-17-14-6-2-3-7-15(14)26-18(17)19(25)22-16/h2-3,6-7,13H,4-5,8-11H2,1H3,(H,20,24)(H,21,22,25). The molecule has 7 heteroatoms. The Bertz CT molecular complexity index is 1010. The lowest BCUT2D eigenvalue weighted by atomic mass is 9.98. The molecule has 0 radical (unpaired) electrons. The maximum absolute atomic E-state index is 12.4. The number of amides is 1. The number of nitrogens with one attached hydrogen (secondary N) is 2. The van der Waals surface area contributed by atoms with Crippen LogP contribution in [0.15, 0.2) is 33.5 Å². The molecule has 1 aliphatic heterocycles. The van der Waals surface area contributed by atoms with Gasteiger partial charge < -0.3 is 14.7 Å². The van der Waals surface area contributed by atoms with Gasteiger partial charge in [-0.3, -0.25) is 14.5 Å². The third-order valence-corrected chi connectivity index (χ3v) is 4.90. The highest BCUT2D eigenvalue weighted by molar-refractivity contribution is 6.01. The average Bonchev–Trinajstić information content (AvgIpc) is 3.00. The van der Waals surface area contributed by atoms with E-state index >= 15 is 0 Å². The summed E-state index contributed by atoms with van der Waals surface area (Å²) in [5.74, 6) is 1.08. The molecule has 3 heterocycles. The van der Waals surface area contributed by atoms with Crippen molar-refractivity contribution in [3.05, 3.63) is 40.4 Å². The van der Waals surface area contributed by atoms with Gasteiger partial charge in [0.1, 0.15) is 16.9 Å². The predicted octanol–water partition coefficient (Wildman–Crippen LogP) is 2.02. The van der Waals surface area contributed by atoms with E-state index in [1.165, 1.54) is 0 Å². The first-order valence-corrected chi connectivity index (χ1v) is 8.97. The van der Waals surface area contributed by atoms with Gasteiger partial charge >= 0.3 is 0 Å². The lowest BCUT2D eigenvalue weighted by molar-refractivity contribution is -0.119. The molecule has 3 aromatic rings. The van der Waals surface area contributed by atoms with Crippen molar-refractivity contribution in [1.82, 2.24) is 20.2 Å². The number of fused-ring (bicyclic) bond motifs is 3. The fraction of sp³-hybridized carbons (Fsp3) is 0.421. The first-order valence-electron chi connectivity index (χ1n) is 8.97. The third kappa shape index (κ3) is 3.35. The first-order chi connectivity index (χ1) is 12.6. The lowest BCUT2D eigenvalue weighted by Crippen LogP contribution is -2.40. The smallest absolute Gasteiger partial charge is 0.294 e. The number of aromatic nitrogens is 2. The van der Waals surface area contributed by atoms with Crippen LogP contribution in [0.2, 0.25) is 0 Å². The molecule has 1 fully saturated rings. The lowest BCUT2D eigenvalue weighted by Gasteiger charge is -2.32. The molecule has 1 amide bonds. The molecule has 136 valence electrons. The van der Waals surface area contributed by atoms with E-state index in [-0.39, 0.29) is 17.0 Å². The summed E-state index contributed by atoms with van der Waals surface area (Å²) >= 11 is 0. The number of H-pyrrole nitrogens is 1. The number of rotatable bonds is 4. The van der Waals surface area contributed by atoms with Gasteiger partial charge in [-0.25, -0.2) is 4.98 Å². The van der Waals surface area contributed by atoms with Crippen molar-refractivity contribution in [2.45, 2.75) is 26.3 Å². The van der Waals surface area contributed by atoms with E-state index in [0.29, 0.717) is 35.9 Å². The van der Waals surface area contributed by atoms with Gasteiger partial charge in [-0.1, -0.05) is 12.1 Å². The minimum Gasteiger partial charge on any atom is -0.449 e. The Morgan fingerprint density at radius 2 is 2.27 bits per heavy atom. The SMILES string of the molecule is CC(=O)NCC1CCCN(Cc2nc3c(oc4ccccc43)c(=O)[nH]2)C1. The quantitative estimate of drug-likeness (QED) is 0.748. The molecule has 0 spiro atoms. The highest BCUT2D eigenvalue weighted by Crippen LogP contribution is 2.25. The molecule has 0 saturated carbocycles. The molecular weight excluding hydrogens is 332 g/mol. The molecular formula is C19H22N4O3. The van der Waals surface area contributed by atoms with Gasteiger partial charge in [-0.15, -0.1) is 0 Å². The second kappa shape index (κ2) is 6.92. The minimum atomic E-state index is -0.243. The van der Waals surface area contributed by atoms with E-state index < -0.39 is 0 Å². The second-order valence-corrected chi connectivity index (χ2v) is 6.97. The number of carbonyl (C=O) groups excluding carboxylic acids is 1. The Kier molecular flexibility index (Phi) is 4.46. The van der Waals surface area contributed by atoms with Crippen molar-refractivity contribution in [2.75, 3.05) is 19.6 Å². The molecule has 0 aliphatic carbocycles. The predicted molar refractivity (Wildman–Crippen MR) is 98.8 cm³/mol. The second-order valence-electron chi connectivity index (χ2n) is 6.97. The highest BCUT2D eigenvalue weighted by Gasteiger charge is 2.21. The van der Waals surface area contributed by atoms with Crippen LogP contribution in [0.1, 0.15) is 25.6 Å². The maximum atomic E-state index is 12.4. The fourth-order valence-electron chi connectivity index (χ4n) is 3.68. The van der Waals surface area contributed by atoms with Crippen LogP contribution in [0.4, 0.5) is 0 Å². The zero-order valence-corrected chi connectivity index (χ0v) is 14.7. The summed E-state index contributed by atoms with van der Waals surface area (Å²) in [6.45, 7) is 4.67. The number of benzene rings is 1. The van der Waals surface area contributed by atoms with Crippen molar-refractivity contribution in [3.63, 3.8) is 0 Å². The Morgan fingerprint density at radius 3 is 3.12 bits per heavy atom.